The fourth-order valence-electron chi connectivity index (χ4n) is 16.6. The lowest BCUT2D eigenvalue weighted by molar-refractivity contribution is 0.769. The van der Waals surface area contributed by atoms with Crippen LogP contribution in [0.3, 0.4) is 0 Å². The fraction of sp³-hybridized carbons (Fsp3) is 0.00952. The van der Waals surface area contributed by atoms with Crippen molar-refractivity contribution in [1.82, 2.24) is 29.9 Å². The number of hydrogen-bond donors (Lipinski definition) is 0. The molecule has 0 saturated carbocycles. The van der Waals surface area contributed by atoms with E-state index in [2.05, 4.69) is 369 Å². The zero-order valence-electron chi connectivity index (χ0n) is 60.4. The summed E-state index contributed by atoms with van der Waals surface area (Å²) < 4.78 is 0. The highest BCUT2D eigenvalue weighted by atomic mass is 14.9. The minimum absolute atomic E-state index is 0.495. The molecule has 111 heavy (non-hydrogen) atoms. The van der Waals surface area contributed by atoms with E-state index in [1.807, 2.05) is 42.9 Å². The molecule has 15 aromatic carbocycles. The molecule has 0 bridgehead atoms. The number of aromatic nitrogens is 6. The van der Waals surface area contributed by atoms with Crippen LogP contribution in [-0.4, -0.2) is 29.9 Å². The van der Waals surface area contributed by atoms with Gasteiger partial charge in [-0.1, -0.05) is 352 Å². The maximum atomic E-state index is 5.36. The van der Waals surface area contributed by atoms with E-state index in [0.717, 1.165) is 112 Å². The van der Waals surface area contributed by atoms with Crippen molar-refractivity contribution in [2.24, 2.45) is 0 Å². The highest BCUT2D eigenvalue weighted by molar-refractivity contribution is 6.22. The van der Waals surface area contributed by atoms with Crippen LogP contribution in [0.25, 0.3) is 178 Å². The molecule has 6 nitrogen and oxygen atoms in total. The summed E-state index contributed by atoms with van der Waals surface area (Å²) in [5.41, 5.74) is 31.8. The third kappa shape index (κ3) is 12.1. The summed E-state index contributed by atoms with van der Waals surface area (Å²) in [7, 11) is 0. The number of rotatable bonds is 15. The van der Waals surface area contributed by atoms with Crippen molar-refractivity contribution in [3.8, 4) is 157 Å². The Morgan fingerprint density at radius 2 is 0.514 bits per heavy atom. The summed E-state index contributed by atoms with van der Waals surface area (Å²) in [5, 5.41) is 4.91. The first-order valence-corrected chi connectivity index (χ1v) is 37.7. The van der Waals surface area contributed by atoms with Gasteiger partial charge in [0.25, 0.3) is 0 Å². The molecule has 20 rings (SSSR count). The lowest BCUT2D eigenvalue weighted by Crippen LogP contribution is -2.28. The van der Waals surface area contributed by atoms with Gasteiger partial charge >= 0.3 is 0 Å². The van der Waals surface area contributed by atoms with Crippen molar-refractivity contribution in [1.29, 1.82) is 0 Å². The Kier molecular flexibility index (Phi) is 16.7. The van der Waals surface area contributed by atoms with Crippen LogP contribution in [0.5, 0.6) is 0 Å². The second-order valence-electron chi connectivity index (χ2n) is 28.5. The average molecular weight is 1410 g/mol. The normalized spacial score (nSPS) is 12.0. The Morgan fingerprint density at radius 3 is 0.991 bits per heavy atom. The van der Waals surface area contributed by atoms with Crippen LogP contribution in [0.15, 0.2) is 413 Å². The molecule has 518 valence electrons. The Morgan fingerprint density at radius 1 is 0.180 bits per heavy atom. The predicted molar refractivity (Wildman–Crippen MR) is 456 cm³/mol. The first-order valence-electron chi connectivity index (χ1n) is 37.7. The molecular weight excluding hydrogens is 1350 g/mol. The molecule has 1 aliphatic carbocycles. The summed E-state index contributed by atoms with van der Waals surface area (Å²) in [4.78, 5) is 30.3. The van der Waals surface area contributed by atoms with E-state index in [4.69, 9.17) is 24.9 Å². The Balaban J connectivity index is 0.594. The van der Waals surface area contributed by atoms with E-state index in [1.54, 1.807) is 6.20 Å². The molecule has 0 fully saturated rings. The standard InChI is InChI=1S/C105H68N6/c1-6-21-78(22-7-1)101-91-33-16-17-34-92(91)102(79-23-8-2-9-24-79)94-62-82(57-59-93(94)101)69-36-46-74(47-37-69)97-64-98(109-103(108-97)80-25-10-3-11-26-80)77-52-42-72(43-53-77)85-61-86(68-107-67-85)73-44-54-81(55-45-73)104-110-99(65-100(111-104)76-50-40-71(41-51-76)84-27-20-60-106-66-84)75-48-38-70(39-49-75)83-56-58-90-89-32-18-19-35-95(89)105(96(90)63-83,87-28-12-4-13-29-87)88-30-14-5-15-31-88/h1-68H. The second-order valence-corrected chi connectivity index (χ2v) is 28.5. The number of hydrogen-bond acceptors (Lipinski definition) is 6. The third-order valence-electron chi connectivity index (χ3n) is 22.0. The quantitative estimate of drug-likeness (QED) is 0.0952. The highest BCUT2D eigenvalue weighted by Crippen LogP contribution is 2.57. The van der Waals surface area contributed by atoms with Crippen LogP contribution in [0.4, 0.5) is 0 Å². The van der Waals surface area contributed by atoms with Crippen molar-refractivity contribution in [3.05, 3.63) is 435 Å². The molecule has 0 aliphatic heterocycles. The molecule has 0 saturated heterocycles. The van der Waals surface area contributed by atoms with Crippen molar-refractivity contribution in [3.63, 3.8) is 0 Å². The van der Waals surface area contributed by atoms with Crippen LogP contribution in [0, 0.1) is 0 Å². The van der Waals surface area contributed by atoms with Crippen LogP contribution >= 0.6 is 0 Å². The number of nitrogens with zero attached hydrogens (tertiary/aromatic N) is 6. The largest absolute Gasteiger partial charge is 0.264 e. The van der Waals surface area contributed by atoms with Crippen LogP contribution in [-0.2, 0) is 5.41 Å². The van der Waals surface area contributed by atoms with Crippen LogP contribution in [0.2, 0.25) is 0 Å². The summed E-state index contributed by atoms with van der Waals surface area (Å²) in [6, 6.07) is 139. The smallest absolute Gasteiger partial charge is 0.160 e. The first kappa shape index (κ1) is 65.8. The van der Waals surface area contributed by atoms with Gasteiger partial charge in [-0.2, -0.15) is 0 Å². The van der Waals surface area contributed by atoms with Gasteiger partial charge in [-0.15, -0.1) is 0 Å². The minimum atomic E-state index is -0.495. The number of pyridine rings is 2. The molecular formula is C105H68N6. The highest BCUT2D eigenvalue weighted by Gasteiger charge is 2.46. The van der Waals surface area contributed by atoms with E-state index < -0.39 is 5.41 Å². The fourth-order valence-corrected chi connectivity index (χ4v) is 16.6. The van der Waals surface area contributed by atoms with Gasteiger partial charge in [0.05, 0.1) is 28.2 Å². The Labute approximate surface area is 644 Å². The number of fused-ring (bicyclic) bond motifs is 5. The van der Waals surface area contributed by atoms with Crippen molar-refractivity contribution in [2.45, 2.75) is 5.41 Å². The summed E-state index contributed by atoms with van der Waals surface area (Å²) in [6.45, 7) is 0. The van der Waals surface area contributed by atoms with Gasteiger partial charge in [0, 0.05) is 69.3 Å². The lowest BCUT2D eigenvalue weighted by Gasteiger charge is -2.34. The van der Waals surface area contributed by atoms with E-state index in [-0.39, 0.29) is 0 Å². The maximum Gasteiger partial charge on any atom is 0.160 e. The molecule has 0 radical (unpaired) electrons. The third-order valence-corrected chi connectivity index (χ3v) is 22.0. The Hall–Kier alpha value is -14.7. The zero-order chi connectivity index (χ0) is 73.6. The van der Waals surface area contributed by atoms with E-state index >= 15 is 0 Å². The molecule has 0 unspecified atom stereocenters. The Bertz CT molecular complexity index is 6620. The number of benzene rings is 15. The minimum Gasteiger partial charge on any atom is -0.264 e. The molecule has 0 amide bonds. The summed E-state index contributed by atoms with van der Waals surface area (Å²) >= 11 is 0. The SMILES string of the molecule is c1ccc(-c2nc(-c3ccc(-c4cncc(-c5ccc(-c6nc(-c7ccc(-c8cccnc8)cc7)cc(-c7ccc(-c8ccc9c(c8)C(c8ccccc8)(c8ccccc8)c8ccccc8-9)cc7)n6)cc5)c4)cc3)cc(-c3ccc(-c4ccc5c(-c6ccccc6)c6ccccc6c(-c6ccccc6)c5c4)cc3)n2)cc1. The van der Waals surface area contributed by atoms with Crippen molar-refractivity contribution >= 4 is 21.5 Å². The molecule has 4 aromatic heterocycles. The summed E-state index contributed by atoms with van der Waals surface area (Å²) in [5.74, 6) is 1.29. The average Bonchev–Trinajstić information content (AvgIpc) is 1.55. The van der Waals surface area contributed by atoms with E-state index in [0.29, 0.717) is 11.6 Å². The molecule has 4 heterocycles. The van der Waals surface area contributed by atoms with Crippen LogP contribution < -0.4 is 0 Å². The second kappa shape index (κ2) is 28.2. The monoisotopic (exact) mass is 1410 g/mol. The van der Waals surface area contributed by atoms with Crippen LogP contribution in [0.1, 0.15) is 22.3 Å². The molecule has 0 N–H and O–H groups in total. The van der Waals surface area contributed by atoms with E-state index in [1.165, 1.54) is 77.2 Å². The zero-order valence-corrected chi connectivity index (χ0v) is 60.4. The van der Waals surface area contributed by atoms with Gasteiger partial charge in [-0.25, -0.2) is 19.9 Å². The molecule has 6 heteroatoms. The first-order chi connectivity index (χ1) is 55.0. The van der Waals surface area contributed by atoms with Gasteiger partial charge in [0.2, 0.25) is 0 Å². The van der Waals surface area contributed by atoms with Gasteiger partial charge < -0.3 is 0 Å². The topological polar surface area (TPSA) is 77.3 Å². The maximum absolute atomic E-state index is 5.36. The molecule has 0 atom stereocenters. The van der Waals surface area contributed by atoms with Gasteiger partial charge in [-0.3, -0.25) is 9.97 Å². The predicted octanol–water partition coefficient (Wildman–Crippen LogP) is 26.4. The van der Waals surface area contributed by atoms with Gasteiger partial charge in [0.1, 0.15) is 0 Å². The summed E-state index contributed by atoms with van der Waals surface area (Å²) in [6.07, 6.45) is 7.56. The molecule has 1 aliphatic rings. The van der Waals surface area contributed by atoms with Gasteiger partial charge in [0.15, 0.2) is 11.6 Å². The van der Waals surface area contributed by atoms with Crippen molar-refractivity contribution in [2.75, 3.05) is 0 Å². The molecule has 0 spiro atoms. The van der Waals surface area contributed by atoms with Crippen molar-refractivity contribution < 1.29 is 0 Å². The lowest BCUT2D eigenvalue weighted by atomic mass is 9.67. The van der Waals surface area contributed by atoms with Gasteiger partial charge in [-0.05, 0) is 158 Å². The molecule has 19 aromatic rings. The van der Waals surface area contributed by atoms with E-state index in [9.17, 15) is 0 Å².